The smallest absolute Gasteiger partial charge is 0.276 e. The minimum Gasteiger partial charge on any atom is -0.497 e. The summed E-state index contributed by atoms with van der Waals surface area (Å²) in [5.41, 5.74) is 0.505. The third-order valence-corrected chi connectivity index (χ3v) is 3.73. The predicted molar refractivity (Wildman–Crippen MR) is 94.9 cm³/mol. The molecule has 0 spiro atoms. The van der Waals surface area contributed by atoms with Crippen LogP contribution < -0.4 is 15.6 Å². The normalized spacial score (nSPS) is 10.4. The second-order valence-corrected chi connectivity index (χ2v) is 5.49. The Labute approximate surface area is 148 Å². The van der Waals surface area contributed by atoms with Gasteiger partial charge in [-0.25, -0.2) is 9.07 Å². The van der Waals surface area contributed by atoms with Crippen LogP contribution in [-0.4, -0.2) is 22.8 Å². The molecular weight excluding hydrogens is 337 g/mol. The number of aromatic nitrogens is 2. The Kier molecular flexibility index (Phi) is 5.07. The van der Waals surface area contributed by atoms with Crippen LogP contribution in [0.4, 0.5) is 10.1 Å². The van der Waals surface area contributed by atoms with Crippen molar-refractivity contribution >= 4 is 11.6 Å². The van der Waals surface area contributed by atoms with Gasteiger partial charge < -0.3 is 10.1 Å². The molecule has 0 saturated carbocycles. The highest BCUT2D eigenvalue weighted by molar-refractivity contribution is 6.02. The van der Waals surface area contributed by atoms with Crippen LogP contribution in [0.25, 0.3) is 0 Å². The lowest BCUT2D eigenvalue weighted by Crippen LogP contribution is -2.26. The lowest BCUT2D eigenvalue weighted by Gasteiger charge is -2.09. The van der Waals surface area contributed by atoms with Gasteiger partial charge in [-0.15, -0.1) is 0 Å². The molecule has 0 bridgehead atoms. The standard InChI is InChI=1S/C19H16FN3O3/c1-26-15-8-6-14(7-9-15)21-19(25)17-10-11-18(24)23(22-17)12-13-4-2-3-5-16(13)20/h2-11H,12H2,1H3,(H,21,25). The molecule has 0 saturated heterocycles. The minimum absolute atomic E-state index is 0.0526. The summed E-state index contributed by atoms with van der Waals surface area (Å²) < 4.78 is 19.9. The molecule has 0 atom stereocenters. The molecule has 1 amide bonds. The molecule has 0 aliphatic carbocycles. The molecule has 0 radical (unpaired) electrons. The van der Waals surface area contributed by atoms with Gasteiger partial charge in [0.05, 0.1) is 13.7 Å². The van der Waals surface area contributed by atoms with Gasteiger partial charge in [0.1, 0.15) is 17.3 Å². The lowest BCUT2D eigenvalue weighted by atomic mass is 10.2. The number of halogens is 1. The molecule has 0 aliphatic rings. The maximum Gasteiger partial charge on any atom is 0.276 e. The monoisotopic (exact) mass is 353 g/mol. The number of amides is 1. The Bertz CT molecular complexity index is 984. The number of methoxy groups -OCH3 is 1. The first-order valence-electron chi connectivity index (χ1n) is 7.84. The molecule has 0 fully saturated rings. The van der Waals surface area contributed by atoms with Crippen molar-refractivity contribution in [1.29, 1.82) is 0 Å². The second kappa shape index (κ2) is 7.60. The van der Waals surface area contributed by atoms with E-state index in [1.165, 1.54) is 18.2 Å². The van der Waals surface area contributed by atoms with Crippen LogP contribution >= 0.6 is 0 Å². The molecule has 0 unspecified atom stereocenters. The van der Waals surface area contributed by atoms with Crippen molar-refractivity contribution in [3.8, 4) is 5.75 Å². The van der Waals surface area contributed by atoms with Gasteiger partial charge >= 0.3 is 0 Å². The predicted octanol–water partition coefficient (Wildman–Crippen LogP) is 2.69. The quantitative estimate of drug-likeness (QED) is 0.765. The summed E-state index contributed by atoms with van der Waals surface area (Å²) in [7, 11) is 1.55. The van der Waals surface area contributed by atoms with Crippen LogP contribution in [0.1, 0.15) is 16.1 Å². The number of benzene rings is 2. The van der Waals surface area contributed by atoms with E-state index in [9.17, 15) is 14.0 Å². The van der Waals surface area contributed by atoms with E-state index in [0.29, 0.717) is 17.0 Å². The first kappa shape index (κ1) is 17.3. The highest BCUT2D eigenvalue weighted by Gasteiger charge is 2.11. The van der Waals surface area contributed by atoms with Gasteiger partial charge in [-0.05, 0) is 36.4 Å². The molecule has 3 rings (SSSR count). The fraction of sp³-hybridized carbons (Fsp3) is 0.105. The van der Waals surface area contributed by atoms with Crippen molar-refractivity contribution in [2.75, 3.05) is 12.4 Å². The Morgan fingerprint density at radius 2 is 1.85 bits per heavy atom. The average molecular weight is 353 g/mol. The minimum atomic E-state index is -0.475. The molecule has 2 aromatic carbocycles. The average Bonchev–Trinajstić information content (AvgIpc) is 2.66. The molecule has 3 aromatic rings. The van der Waals surface area contributed by atoms with Crippen molar-refractivity contribution in [3.05, 3.63) is 88.1 Å². The number of hydrogen-bond acceptors (Lipinski definition) is 4. The topological polar surface area (TPSA) is 73.2 Å². The molecule has 0 aliphatic heterocycles. The number of hydrogen-bond donors (Lipinski definition) is 1. The Morgan fingerprint density at radius 1 is 1.12 bits per heavy atom. The molecule has 1 heterocycles. The van der Waals surface area contributed by atoms with E-state index in [0.717, 1.165) is 4.68 Å². The first-order valence-corrected chi connectivity index (χ1v) is 7.84. The number of carbonyl (C=O) groups excluding carboxylic acids is 1. The van der Waals surface area contributed by atoms with E-state index in [1.54, 1.807) is 49.6 Å². The van der Waals surface area contributed by atoms with Gasteiger partial charge in [-0.3, -0.25) is 9.59 Å². The third kappa shape index (κ3) is 3.94. The fourth-order valence-corrected chi connectivity index (χ4v) is 2.34. The second-order valence-electron chi connectivity index (χ2n) is 5.49. The van der Waals surface area contributed by atoms with Gasteiger partial charge in [0.15, 0.2) is 0 Å². The molecule has 1 N–H and O–H groups in total. The summed E-state index contributed by atoms with van der Waals surface area (Å²) in [6.45, 7) is -0.0604. The van der Waals surface area contributed by atoms with Crippen molar-refractivity contribution in [2.24, 2.45) is 0 Å². The summed E-state index contributed by atoms with van der Waals surface area (Å²) >= 11 is 0. The molecule has 7 heteroatoms. The van der Waals surface area contributed by atoms with Gasteiger partial charge in [0, 0.05) is 17.3 Å². The lowest BCUT2D eigenvalue weighted by molar-refractivity contribution is 0.102. The maximum atomic E-state index is 13.8. The van der Waals surface area contributed by atoms with Crippen LogP contribution in [0, 0.1) is 5.82 Å². The largest absolute Gasteiger partial charge is 0.497 e. The van der Waals surface area contributed by atoms with Gasteiger partial charge in [0.25, 0.3) is 11.5 Å². The Balaban J connectivity index is 1.80. The zero-order chi connectivity index (χ0) is 18.5. The Hall–Kier alpha value is -3.48. The highest BCUT2D eigenvalue weighted by Crippen LogP contribution is 2.15. The van der Waals surface area contributed by atoms with Crippen LogP contribution in [0.3, 0.4) is 0 Å². The van der Waals surface area contributed by atoms with Crippen molar-refractivity contribution in [3.63, 3.8) is 0 Å². The molecular formula is C19H16FN3O3. The summed E-state index contributed by atoms with van der Waals surface area (Å²) in [6, 6.07) is 15.5. The summed E-state index contributed by atoms with van der Waals surface area (Å²) in [4.78, 5) is 24.3. The summed E-state index contributed by atoms with van der Waals surface area (Å²) in [6.07, 6.45) is 0. The van der Waals surface area contributed by atoms with Crippen LogP contribution in [0.5, 0.6) is 5.75 Å². The van der Waals surface area contributed by atoms with Gasteiger partial charge in [-0.2, -0.15) is 5.10 Å². The van der Waals surface area contributed by atoms with Crippen LogP contribution in [-0.2, 0) is 6.54 Å². The molecule has 132 valence electrons. The molecule has 26 heavy (non-hydrogen) atoms. The van der Waals surface area contributed by atoms with E-state index >= 15 is 0 Å². The van der Waals surface area contributed by atoms with E-state index in [-0.39, 0.29) is 12.2 Å². The number of nitrogens with one attached hydrogen (secondary N) is 1. The Morgan fingerprint density at radius 3 is 2.54 bits per heavy atom. The SMILES string of the molecule is COc1ccc(NC(=O)c2ccc(=O)n(Cc3ccccc3F)n2)cc1. The highest BCUT2D eigenvalue weighted by atomic mass is 19.1. The van der Waals surface area contributed by atoms with E-state index in [1.807, 2.05) is 0 Å². The van der Waals surface area contributed by atoms with Gasteiger partial charge in [0.2, 0.25) is 0 Å². The van der Waals surface area contributed by atoms with E-state index in [4.69, 9.17) is 4.74 Å². The number of rotatable bonds is 5. The van der Waals surface area contributed by atoms with Crippen molar-refractivity contribution in [1.82, 2.24) is 9.78 Å². The molecule has 6 nitrogen and oxygen atoms in total. The zero-order valence-electron chi connectivity index (χ0n) is 14.0. The van der Waals surface area contributed by atoms with Crippen LogP contribution in [0.15, 0.2) is 65.5 Å². The molecule has 1 aromatic heterocycles. The van der Waals surface area contributed by atoms with Crippen molar-refractivity contribution in [2.45, 2.75) is 6.54 Å². The fourth-order valence-electron chi connectivity index (χ4n) is 2.34. The van der Waals surface area contributed by atoms with Crippen LogP contribution in [0.2, 0.25) is 0 Å². The van der Waals surface area contributed by atoms with E-state index < -0.39 is 17.3 Å². The third-order valence-electron chi connectivity index (χ3n) is 3.73. The van der Waals surface area contributed by atoms with E-state index in [2.05, 4.69) is 10.4 Å². The first-order chi connectivity index (χ1) is 12.6. The number of ether oxygens (including phenoxy) is 1. The summed E-state index contributed by atoms with van der Waals surface area (Å²) in [5, 5.41) is 6.72. The number of carbonyl (C=O) groups is 1. The summed E-state index contributed by atoms with van der Waals surface area (Å²) in [5.74, 6) is -0.244. The zero-order valence-corrected chi connectivity index (χ0v) is 14.0. The van der Waals surface area contributed by atoms with Gasteiger partial charge in [-0.1, -0.05) is 18.2 Å². The van der Waals surface area contributed by atoms with Crippen molar-refractivity contribution < 1.29 is 13.9 Å². The number of nitrogens with zero attached hydrogens (tertiary/aromatic N) is 2. The maximum absolute atomic E-state index is 13.8. The number of anilines is 1.